The number of thiazole rings is 1. The predicted octanol–water partition coefficient (Wildman–Crippen LogP) is 4.45. The van der Waals surface area contributed by atoms with Gasteiger partial charge in [-0.25, -0.2) is 4.68 Å². The van der Waals surface area contributed by atoms with Crippen LogP contribution in [0.5, 0.6) is 11.5 Å². The molecule has 0 fully saturated rings. The number of aromatic nitrogens is 5. The Kier molecular flexibility index (Phi) is 6.19. The summed E-state index contributed by atoms with van der Waals surface area (Å²) in [6, 6.07) is 25.3. The normalized spacial score (nSPS) is 11.8. The zero-order valence-corrected chi connectivity index (χ0v) is 21.6. The molecule has 0 spiro atoms. The van der Waals surface area contributed by atoms with Crippen LogP contribution in [0, 0.1) is 6.92 Å². The van der Waals surface area contributed by atoms with Gasteiger partial charge in [-0.2, -0.15) is 14.6 Å². The molecule has 0 radical (unpaired) electrons. The summed E-state index contributed by atoms with van der Waals surface area (Å²) in [7, 11) is 1.63. The summed E-state index contributed by atoms with van der Waals surface area (Å²) in [5.41, 5.74) is 4.32. The number of ether oxygens (including phenoxy) is 2. The molecule has 0 aliphatic carbocycles. The van der Waals surface area contributed by atoms with Crippen LogP contribution in [-0.2, 0) is 6.61 Å². The molecule has 0 bridgehead atoms. The SMILES string of the molecule is COc1ccc(-c2nn(-c3ccccc3)cc2/C=c2\sc3nc(COc4ccc(C)cc4)nn3c2=O)cc1. The van der Waals surface area contributed by atoms with Crippen molar-refractivity contribution in [2.45, 2.75) is 13.5 Å². The van der Waals surface area contributed by atoms with Gasteiger partial charge in [0.2, 0.25) is 4.96 Å². The number of rotatable bonds is 7. The third kappa shape index (κ3) is 4.67. The van der Waals surface area contributed by atoms with Crippen molar-refractivity contribution in [1.82, 2.24) is 24.4 Å². The second-order valence-electron chi connectivity index (χ2n) is 8.68. The lowest BCUT2D eigenvalue weighted by molar-refractivity contribution is 0.296. The molecule has 0 aliphatic heterocycles. The van der Waals surface area contributed by atoms with Crippen LogP contribution in [0.4, 0.5) is 0 Å². The van der Waals surface area contributed by atoms with Gasteiger partial charge in [-0.1, -0.05) is 47.2 Å². The van der Waals surface area contributed by atoms with Crippen molar-refractivity contribution in [1.29, 1.82) is 0 Å². The highest BCUT2D eigenvalue weighted by atomic mass is 32.1. The quantitative estimate of drug-likeness (QED) is 0.309. The molecular weight excluding hydrogens is 498 g/mol. The maximum Gasteiger partial charge on any atom is 0.291 e. The van der Waals surface area contributed by atoms with Crippen LogP contribution < -0.4 is 19.6 Å². The molecule has 8 nitrogen and oxygen atoms in total. The lowest BCUT2D eigenvalue weighted by Gasteiger charge is -2.03. The van der Waals surface area contributed by atoms with Crippen molar-refractivity contribution >= 4 is 22.4 Å². The molecule has 6 aromatic rings. The van der Waals surface area contributed by atoms with E-state index in [4.69, 9.17) is 14.6 Å². The number of methoxy groups -OCH3 is 1. The maximum atomic E-state index is 13.2. The highest BCUT2D eigenvalue weighted by Crippen LogP contribution is 2.26. The Labute approximate surface area is 222 Å². The average molecular weight is 522 g/mol. The molecule has 6 rings (SSSR count). The molecule has 0 amide bonds. The van der Waals surface area contributed by atoms with Crippen LogP contribution in [0.25, 0.3) is 28.0 Å². The van der Waals surface area contributed by atoms with Gasteiger partial charge in [0.25, 0.3) is 5.56 Å². The molecule has 3 aromatic carbocycles. The zero-order valence-electron chi connectivity index (χ0n) is 20.7. The van der Waals surface area contributed by atoms with Gasteiger partial charge in [-0.15, -0.1) is 5.10 Å². The molecule has 3 aromatic heterocycles. The second kappa shape index (κ2) is 9.95. The standard InChI is InChI=1S/C29H23N5O3S/c1-19-8-12-24(13-9-19)37-18-26-30-29-34(31-26)28(35)25(38-29)16-21-17-33(22-6-4-3-5-7-22)32-27(21)20-10-14-23(36-2)15-11-20/h3-17H,18H2,1-2H3/b25-16-. The first-order chi connectivity index (χ1) is 18.6. The molecule has 0 N–H and O–H groups in total. The summed E-state index contributed by atoms with van der Waals surface area (Å²) >= 11 is 1.29. The lowest BCUT2D eigenvalue weighted by Crippen LogP contribution is -2.24. The van der Waals surface area contributed by atoms with Gasteiger partial charge in [-0.05, 0) is 61.5 Å². The molecule has 38 heavy (non-hydrogen) atoms. The fourth-order valence-electron chi connectivity index (χ4n) is 4.04. The Balaban J connectivity index is 1.36. The first kappa shape index (κ1) is 23.6. The van der Waals surface area contributed by atoms with Crippen molar-refractivity contribution in [3.8, 4) is 28.4 Å². The molecule has 0 aliphatic rings. The van der Waals surface area contributed by atoms with Gasteiger partial charge in [0.15, 0.2) is 5.82 Å². The van der Waals surface area contributed by atoms with E-state index in [-0.39, 0.29) is 12.2 Å². The Hall–Kier alpha value is -4.76. The predicted molar refractivity (Wildman–Crippen MR) is 147 cm³/mol. The third-order valence-electron chi connectivity index (χ3n) is 6.03. The molecule has 0 atom stereocenters. The number of aryl methyl sites for hydroxylation is 1. The van der Waals surface area contributed by atoms with E-state index < -0.39 is 0 Å². The summed E-state index contributed by atoms with van der Waals surface area (Å²) in [5.74, 6) is 1.94. The first-order valence-corrected chi connectivity index (χ1v) is 12.8. The molecule has 0 saturated heterocycles. The Morgan fingerprint density at radius 3 is 2.37 bits per heavy atom. The summed E-state index contributed by atoms with van der Waals surface area (Å²) in [4.78, 5) is 18.3. The highest BCUT2D eigenvalue weighted by Gasteiger charge is 2.15. The fraction of sp³-hybridized carbons (Fsp3) is 0.103. The van der Waals surface area contributed by atoms with Crippen LogP contribution in [0.1, 0.15) is 17.0 Å². The first-order valence-electron chi connectivity index (χ1n) is 12.0. The Morgan fingerprint density at radius 2 is 1.66 bits per heavy atom. The monoisotopic (exact) mass is 521 g/mol. The van der Waals surface area contributed by atoms with Crippen LogP contribution >= 0.6 is 11.3 Å². The smallest absolute Gasteiger partial charge is 0.291 e. The number of hydrogen-bond donors (Lipinski definition) is 0. The van der Waals surface area contributed by atoms with E-state index in [1.165, 1.54) is 15.9 Å². The van der Waals surface area contributed by atoms with Crippen LogP contribution in [0.3, 0.4) is 0 Å². The topological polar surface area (TPSA) is 83.5 Å². The minimum atomic E-state index is -0.229. The van der Waals surface area contributed by atoms with E-state index in [1.54, 1.807) is 7.11 Å². The number of para-hydroxylation sites is 1. The van der Waals surface area contributed by atoms with Crippen molar-refractivity contribution in [2.24, 2.45) is 0 Å². The highest BCUT2D eigenvalue weighted by molar-refractivity contribution is 7.15. The molecule has 188 valence electrons. The summed E-state index contributed by atoms with van der Waals surface area (Å²) < 4.78 is 14.7. The lowest BCUT2D eigenvalue weighted by atomic mass is 10.1. The molecular formula is C29H23N5O3S. The van der Waals surface area contributed by atoms with Gasteiger partial charge >= 0.3 is 0 Å². The second-order valence-corrected chi connectivity index (χ2v) is 9.69. The van der Waals surface area contributed by atoms with Crippen molar-refractivity contribution in [3.63, 3.8) is 0 Å². The largest absolute Gasteiger partial charge is 0.497 e. The van der Waals surface area contributed by atoms with Gasteiger partial charge in [0.1, 0.15) is 23.8 Å². The maximum absolute atomic E-state index is 13.2. The summed E-state index contributed by atoms with van der Waals surface area (Å²) in [6.45, 7) is 2.20. The average Bonchev–Trinajstić information content (AvgIpc) is 3.64. The van der Waals surface area contributed by atoms with Crippen LogP contribution in [0.15, 0.2) is 89.9 Å². The number of hydrogen-bond acceptors (Lipinski definition) is 7. The summed E-state index contributed by atoms with van der Waals surface area (Å²) in [5, 5.41) is 9.22. The van der Waals surface area contributed by atoms with Gasteiger partial charge in [0, 0.05) is 17.3 Å². The molecule has 0 saturated carbocycles. The fourth-order valence-corrected chi connectivity index (χ4v) is 4.96. The minimum Gasteiger partial charge on any atom is -0.497 e. The Bertz CT molecular complexity index is 1820. The van der Waals surface area contributed by atoms with Crippen molar-refractivity contribution in [3.05, 3.63) is 117 Å². The van der Waals surface area contributed by atoms with E-state index in [2.05, 4.69) is 10.1 Å². The van der Waals surface area contributed by atoms with E-state index >= 15 is 0 Å². The minimum absolute atomic E-state index is 0.182. The van der Waals surface area contributed by atoms with Gasteiger partial charge in [0.05, 0.1) is 17.3 Å². The van der Waals surface area contributed by atoms with Gasteiger partial charge in [-0.3, -0.25) is 4.79 Å². The van der Waals surface area contributed by atoms with Crippen molar-refractivity contribution in [2.75, 3.05) is 7.11 Å². The Morgan fingerprint density at radius 1 is 0.921 bits per heavy atom. The van der Waals surface area contributed by atoms with E-state index in [0.717, 1.165) is 39.6 Å². The van der Waals surface area contributed by atoms with E-state index in [9.17, 15) is 4.79 Å². The van der Waals surface area contributed by atoms with Crippen LogP contribution in [0.2, 0.25) is 0 Å². The zero-order chi connectivity index (χ0) is 26.1. The summed E-state index contributed by atoms with van der Waals surface area (Å²) in [6.07, 6.45) is 3.77. The number of nitrogens with zero attached hydrogens (tertiary/aromatic N) is 5. The molecule has 0 unspecified atom stereocenters. The third-order valence-corrected chi connectivity index (χ3v) is 6.99. The molecule has 9 heteroatoms. The molecule has 3 heterocycles. The van der Waals surface area contributed by atoms with Crippen molar-refractivity contribution < 1.29 is 9.47 Å². The number of benzene rings is 3. The number of fused-ring (bicyclic) bond motifs is 1. The van der Waals surface area contributed by atoms with Crippen LogP contribution in [-0.4, -0.2) is 31.5 Å². The van der Waals surface area contributed by atoms with E-state index in [0.29, 0.717) is 15.3 Å². The van der Waals surface area contributed by atoms with E-state index in [1.807, 2.05) is 103 Å². The van der Waals surface area contributed by atoms with Gasteiger partial charge < -0.3 is 9.47 Å².